The van der Waals surface area contributed by atoms with E-state index in [-0.39, 0.29) is 35.6 Å². The minimum Gasteiger partial charge on any atom is -0.469 e. The summed E-state index contributed by atoms with van der Waals surface area (Å²) in [7, 11) is 1.32. The van der Waals surface area contributed by atoms with Crippen LogP contribution in [0.15, 0.2) is 18.2 Å². The summed E-state index contributed by atoms with van der Waals surface area (Å²) in [5, 5.41) is 10.9. The van der Waals surface area contributed by atoms with E-state index in [1.165, 1.54) is 18.1 Å². The van der Waals surface area contributed by atoms with Gasteiger partial charge in [0.1, 0.15) is 0 Å². The number of ether oxygens (including phenoxy) is 1. The van der Waals surface area contributed by atoms with Gasteiger partial charge in [0.05, 0.1) is 18.0 Å². The first kappa shape index (κ1) is 15.0. The van der Waals surface area contributed by atoms with Crippen LogP contribution in [0.5, 0.6) is 0 Å². The van der Waals surface area contributed by atoms with Gasteiger partial charge in [-0.1, -0.05) is 6.07 Å². The van der Waals surface area contributed by atoms with E-state index < -0.39 is 4.92 Å². The number of likely N-dealkylation sites (tertiary alicyclic amines) is 1. The number of esters is 1. The number of hydrogen-bond donors (Lipinski definition) is 0. The van der Waals surface area contributed by atoms with Crippen molar-refractivity contribution in [2.24, 2.45) is 5.92 Å². The molecule has 0 N–H and O–H groups in total. The van der Waals surface area contributed by atoms with Gasteiger partial charge in [-0.3, -0.25) is 19.7 Å². The summed E-state index contributed by atoms with van der Waals surface area (Å²) in [6.07, 6.45) is 0.548. The lowest BCUT2D eigenvalue weighted by atomic mass is 10.1. The minimum atomic E-state index is -0.507. The number of nitrogens with zero attached hydrogens (tertiary/aromatic N) is 2. The average molecular weight is 292 g/mol. The molecule has 21 heavy (non-hydrogen) atoms. The van der Waals surface area contributed by atoms with Gasteiger partial charge in [-0.2, -0.15) is 0 Å². The van der Waals surface area contributed by atoms with Gasteiger partial charge in [-0.15, -0.1) is 0 Å². The summed E-state index contributed by atoms with van der Waals surface area (Å²) >= 11 is 0. The molecule has 7 heteroatoms. The second kappa shape index (κ2) is 5.90. The molecule has 0 aromatic heterocycles. The molecule has 0 spiro atoms. The Hall–Kier alpha value is -2.44. The molecule has 0 bridgehead atoms. The second-order valence-electron chi connectivity index (χ2n) is 5.02. The second-order valence-corrected chi connectivity index (χ2v) is 5.02. The Morgan fingerprint density at radius 2 is 2.14 bits per heavy atom. The molecular weight excluding hydrogens is 276 g/mol. The Balaban J connectivity index is 2.16. The van der Waals surface area contributed by atoms with Crippen molar-refractivity contribution in [3.8, 4) is 0 Å². The number of carbonyl (C=O) groups is 2. The van der Waals surface area contributed by atoms with Crippen LogP contribution < -0.4 is 0 Å². The zero-order valence-electron chi connectivity index (χ0n) is 11.9. The maximum absolute atomic E-state index is 12.3. The average Bonchev–Trinajstić information content (AvgIpc) is 2.95. The molecule has 7 nitrogen and oxygen atoms in total. The molecule has 2 rings (SSSR count). The number of aryl methyl sites for hydroxylation is 1. The van der Waals surface area contributed by atoms with Gasteiger partial charge in [-0.25, -0.2) is 0 Å². The molecular formula is C14H16N2O5. The van der Waals surface area contributed by atoms with Crippen molar-refractivity contribution in [1.29, 1.82) is 0 Å². The van der Waals surface area contributed by atoms with Crippen LogP contribution in [0.25, 0.3) is 0 Å². The van der Waals surface area contributed by atoms with Crippen LogP contribution >= 0.6 is 0 Å². The monoisotopic (exact) mass is 292 g/mol. The minimum absolute atomic E-state index is 0.0791. The van der Waals surface area contributed by atoms with Gasteiger partial charge in [0.2, 0.25) is 0 Å². The van der Waals surface area contributed by atoms with Crippen LogP contribution in [0.4, 0.5) is 5.69 Å². The third kappa shape index (κ3) is 3.01. The van der Waals surface area contributed by atoms with Crippen LogP contribution in [0.1, 0.15) is 22.3 Å². The summed E-state index contributed by atoms with van der Waals surface area (Å²) in [6.45, 7) is 2.35. The molecule has 1 saturated heterocycles. The third-order valence-electron chi connectivity index (χ3n) is 3.66. The fourth-order valence-electron chi connectivity index (χ4n) is 2.43. The van der Waals surface area contributed by atoms with E-state index in [4.69, 9.17) is 0 Å². The van der Waals surface area contributed by atoms with Gasteiger partial charge >= 0.3 is 5.97 Å². The van der Waals surface area contributed by atoms with Crippen molar-refractivity contribution in [3.05, 3.63) is 39.4 Å². The van der Waals surface area contributed by atoms with Crippen molar-refractivity contribution in [2.75, 3.05) is 20.2 Å². The summed E-state index contributed by atoms with van der Waals surface area (Å²) in [4.78, 5) is 35.7. The lowest BCUT2D eigenvalue weighted by Gasteiger charge is -2.16. The number of hydrogen-bond acceptors (Lipinski definition) is 5. The first-order chi connectivity index (χ1) is 9.93. The molecule has 1 aromatic rings. The lowest BCUT2D eigenvalue weighted by molar-refractivity contribution is -0.385. The fourth-order valence-corrected chi connectivity index (χ4v) is 2.43. The molecule has 1 aliphatic heterocycles. The summed E-state index contributed by atoms with van der Waals surface area (Å²) in [5.74, 6) is -0.955. The summed E-state index contributed by atoms with van der Waals surface area (Å²) < 4.78 is 4.67. The number of rotatable bonds is 3. The van der Waals surface area contributed by atoms with E-state index >= 15 is 0 Å². The number of nitro benzene ring substituents is 1. The van der Waals surface area contributed by atoms with Crippen molar-refractivity contribution < 1.29 is 19.2 Å². The Kier molecular flexibility index (Phi) is 4.21. The van der Waals surface area contributed by atoms with Gasteiger partial charge in [0, 0.05) is 30.3 Å². The quantitative estimate of drug-likeness (QED) is 0.479. The molecule has 1 amide bonds. The number of nitro groups is 1. The largest absolute Gasteiger partial charge is 0.469 e. The number of amides is 1. The maximum Gasteiger partial charge on any atom is 0.310 e. The predicted octanol–water partition coefficient (Wildman–Crippen LogP) is 1.54. The topological polar surface area (TPSA) is 89.8 Å². The molecule has 0 radical (unpaired) electrons. The highest BCUT2D eigenvalue weighted by molar-refractivity contribution is 5.95. The first-order valence-electron chi connectivity index (χ1n) is 6.56. The highest BCUT2D eigenvalue weighted by atomic mass is 16.6. The van der Waals surface area contributed by atoms with Crippen molar-refractivity contribution in [2.45, 2.75) is 13.3 Å². The fraction of sp³-hybridized carbons (Fsp3) is 0.429. The Morgan fingerprint density at radius 1 is 1.43 bits per heavy atom. The van der Waals surface area contributed by atoms with E-state index in [0.717, 1.165) is 0 Å². The maximum atomic E-state index is 12.3. The Labute approximate surface area is 121 Å². The zero-order valence-corrected chi connectivity index (χ0v) is 11.9. The summed E-state index contributed by atoms with van der Waals surface area (Å²) in [6, 6.07) is 4.40. The Bertz CT molecular complexity index is 599. The molecule has 112 valence electrons. The van der Waals surface area contributed by atoms with E-state index in [0.29, 0.717) is 18.5 Å². The van der Waals surface area contributed by atoms with E-state index in [1.807, 2.05) is 0 Å². The van der Waals surface area contributed by atoms with Gasteiger partial charge in [0.25, 0.3) is 11.6 Å². The molecule has 1 aliphatic rings. The highest BCUT2D eigenvalue weighted by Crippen LogP contribution is 2.23. The van der Waals surface area contributed by atoms with Crippen LogP contribution in [0, 0.1) is 23.0 Å². The van der Waals surface area contributed by atoms with Crippen LogP contribution in [-0.4, -0.2) is 41.9 Å². The Morgan fingerprint density at radius 3 is 2.76 bits per heavy atom. The number of methoxy groups -OCH3 is 1. The van der Waals surface area contributed by atoms with Crippen LogP contribution in [0.2, 0.25) is 0 Å². The molecule has 1 heterocycles. The SMILES string of the molecule is COC(=O)C1CCN(C(=O)c2ccc(C)c([N+](=O)[O-])c2)C1. The highest BCUT2D eigenvalue weighted by Gasteiger charge is 2.32. The molecule has 0 saturated carbocycles. The molecule has 1 unspecified atom stereocenters. The van der Waals surface area contributed by atoms with Crippen molar-refractivity contribution >= 4 is 17.6 Å². The molecule has 0 aliphatic carbocycles. The van der Waals surface area contributed by atoms with E-state index in [1.54, 1.807) is 19.1 Å². The number of carbonyl (C=O) groups excluding carboxylic acids is 2. The van der Waals surface area contributed by atoms with Crippen LogP contribution in [-0.2, 0) is 9.53 Å². The summed E-state index contributed by atoms with van der Waals surface area (Å²) in [5.41, 5.74) is 0.688. The van der Waals surface area contributed by atoms with Crippen LogP contribution in [0.3, 0.4) is 0 Å². The van der Waals surface area contributed by atoms with Gasteiger partial charge < -0.3 is 9.64 Å². The van der Waals surface area contributed by atoms with Gasteiger partial charge in [-0.05, 0) is 19.4 Å². The van der Waals surface area contributed by atoms with E-state index in [2.05, 4.69) is 4.74 Å². The predicted molar refractivity (Wildman–Crippen MR) is 73.9 cm³/mol. The molecule has 1 fully saturated rings. The first-order valence-corrected chi connectivity index (χ1v) is 6.56. The smallest absolute Gasteiger partial charge is 0.310 e. The molecule has 1 atom stereocenters. The van der Waals surface area contributed by atoms with Crippen molar-refractivity contribution in [1.82, 2.24) is 4.90 Å². The molecule has 1 aromatic carbocycles. The lowest BCUT2D eigenvalue weighted by Crippen LogP contribution is -2.30. The van der Waals surface area contributed by atoms with Gasteiger partial charge in [0.15, 0.2) is 0 Å². The third-order valence-corrected chi connectivity index (χ3v) is 3.66. The normalized spacial score (nSPS) is 17.6. The van der Waals surface area contributed by atoms with Crippen molar-refractivity contribution in [3.63, 3.8) is 0 Å². The number of benzene rings is 1. The van der Waals surface area contributed by atoms with E-state index in [9.17, 15) is 19.7 Å². The zero-order chi connectivity index (χ0) is 15.6. The standard InChI is InChI=1S/C14H16N2O5/c1-9-3-4-10(7-12(9)16(19)20)13(17)15-6-5-11(8-15)14(18)21-2/h3-4,7,11H,5-6,8H2,1-2H3.